The van der Waals surface area contributed by atoms with Crippen molar-refractivity contribution in [2.75, 3.05) is 23.0 Å². The lowest BCUT2D eigenvalue weighted by Crippen LogP contribution is -2.56. The molecule has 4 nitrogen and oxygen atoms in total. The molecule has 96 valence electrons. The van der Waals surface area contributed by atoms with Crippen molar-refractivity contribution in [3.05, 3.63) is 0 Å². The predicted octanol–water partition coefficient (Wildman–Crippen LogP) is 1.21. The summed E-state index contributed by atoms with van der Waals surface area (Å²) >= 11 is 3.46. The Balaban J connectivity index is 1.98. The molecule has 17 heavy (non-hydrogen) atoms. The smallest absolute Gasteiger partial charge is 0.330 e. The van der Waals surface area contributed by atoms with Crippen LogP contribution in [0.1, 0.15) is 19.3 Å². The highest BCUT2D eigenvalue weighted by atomic mass is 32.2. The lowest BCUT2D eigenvalue weighted by Gasteiger charge is -2.28. The van der Waals surface area contributed by atoms with Gasteiger partial charge in [-0.05, 0) is 36.5 Å². The predicted molar refractivity (Wildman–Crippen MR) is 70.5 cm³/mol. The van der Waals surface area contributed by atoms with E-state index in [0.29, 0.717) is 12.2 Å². The van der Waals surface area contributed by atoms with Crippen LogP contribution >= 0.6 is 23.5 Å². The number of carbonyl (C=O) groups excluding carboxylic acids is 1. The Morgan fingerprint density at radius 2 is 1.88 bits per heavy atom. The molecule has 2 N–H and O–H groups in total. The summed E-state index contributed by atoms with van der Waals surface area (Å²) < 4.78 is 0. The minimum Gasteiger partial charge on any atom is -0.479 e. The van der Waals surface area contributed by atoms with Crippen LogP contribution in [-0.2, 0) is 9.59 Å². The first-order valence-corrected chi connectivity index (χ1v) is 8.16. The maximum Gasteiger partial charge on any atom is 0.330 e. The van der Waals surface area contributed by atoms with Crippen molar-refractivity contribution in [1.29, 1.82) is 0 Å². The van der Waals surface area contributed by atoms with Gasteiger partial charge in [-0.2, -0.15) is 23.5 Å². The van der Waals surface area contributed by atoms with Crippen molar-refractivity contribution >= 4 is 35.4 Å². The monoisotopic (exact) mass is 275 g/mol. The SMILES string of the molecule is O=C(NC1(C(=O)O)CCSC1)C1CCSCC1. The Morgan fingerprint density at radius 1 is 1.18 bits per heavy atom. The number of hydrogen-bond acceptors (Lipinski definition) is 4. The highest BCUT2D eigenvalue weighted by Gasteiger charge is 2.44. The molecule has 2 heterocycles. The average molecular weight is 275 g/mol. The number of rotatable bonds is 3. The fourth-order valence-electron chi connectivity index (χ4n) is 2.18. The summed E-state index contributed by atoms with van der Waals surface area (Å²) in [4.78, 5) is 23.4. The molecule has 1 amide bonds. The van der Waals surface area contributed by atoms with Gasteiger partial charge in [0.05, 0.1) is 0 Å². The van der Waals surface area contributed by atoms with Crippen molar-refractivity contribution in [2.45, 2.75) is 24.8 Å². The highest BCUT2D eigenvalue weighted by Crippen LogP contribution is 2.30. The molecule has 0 aromatic carbocycles. The van der Waals surface area contributed by atoms with E-state index in [9.17, 15) is 14.7 Å². The van der Waals surface area contributed by atoms with Crippen LogP contribution in [0.4, 0.5) is 0 Å². The summed E-state index contributed by atoms with van der Waals surface area (Å²) in [5.41, 5.74) is -1.01. The molecule has 0 aromatic rings. The van der Waals surface area contributed by atoms with Crippen molar-refractivity contribution in [2.24, 2.45) is 5.92 Å². The first-order valence-electron chi connectivity index (χ1n) is 5.85. The highest BCUT2D eigenvalue weighted by molar-refractivity contribution is 7.99. The van der Waals surface area contributed by atoms with E-state index in [4.69, 9.17) is 0 Å². The van der Waals surface area contributed by atoms with Crippen LogP contribution in [0.15, 0.2) is 0 Å². The second-order valence-corrected chi connectivity index (χ2v) is 6.90. The molecule has 2 aliphatic heterocycles. The molecule has 2 aliphatic rings. The summed E-state index contributed by atoms with van der Waals surface area (Å²) in [5, 5.41) is 12.1. The van der Waals surface area contributed by atoms with Gasteiger partial charge in [0.15, 0.2) is 0 Å². The van der Waals surface area contributed by atoms with Crippen molar-refractivity contribution in [3.8, 4) is 0 Å². The van der Waals surface area contributed by atoms with Gasteiger partial charge in [0.1, 0.15) is 5.54 Å². The van der Waals surface area contributed by atoms with Gasteiger partial charge in [-0.1, -0.05) is 0 Å². The molecule has 0 aliphatic carbocycles. The molecular formula is C11H17NO3S2. The van der Waals surface area contributed by atoms with E-state index in [2.05, 4.69) is 5.32 Å². The average Bonchev–Trinajstić information content (AvgIpc) is 2.80. The third kappa shape index (κ3) is 2.91. The lowest BCUT2D eigenvalue weighted by atomic mass is 9.95. The van der Waals surface area contributed by atoms with Gasteiger partial charge in [-0.3, -0.25) is 4.79 Å². The summed E-state index contributed by atoms with van der Waals surface area (Å²) in [6.07, 6.45) is 2.29. The topological polar surface area (TPSA) is 66.4 Å². The van der Waals surface area contributed by atoms with Gasteiger partial charge < -0.3 is 10.4 Å². The van der Waals surface area contributed by atoms with Gasteiger partial charge in [0, 0.05) is 11.7 Å². The molecule has 2 fully saturated rings. The molecule has 2 saturated heterocycles. The molecule has 0 aromatic heterocycles. The van der Waals surface area contributed by atoms with Crippen molar-refractivity contribution in [3.63, 3.8) is 0 Å². The fraction of sp³-hybridized carbons (Fsp3) is 0.818. The minimum atomic E-state index is -1.01. The number of nitrogens with one attached hydrogen (secondary N) is 1. The number of carboxylic acid groups (broad SMARTS) is 1. The van der Waals surface area contributed by atoms with Gasteiger partial charge in [0.25, 0.3) is 0 Å². The van der Waals surface area contributed by atoms with Crippen molar-refractivity contribution < 1.29 is 14.7 Å². The zero-order chi connectivity index (χ0) is 12.3. The maximum atomic E-state index is 12.1. The Bertz CT molecular complexity index is 310. The van der Waals surface area contributed by atoms with Crippen LogP contribution in [0.2, 0.25) is 0 Å². The molecule has 2 rings (SSSR count). The maximum absolute atomic E-state index is 12.1. The summed E-state index contributed by atoms with van der Waals surface area (Å²) in [5.74, 6) is 2.39. The summed E-state index contributed by atoms with van der Waals surface area (Å²) in [6, 6.07) is 0. The molecule has 0 spiro atoms. The van der Waals surface area contributed by atoms with Gasteiger partial charge >= 0.3 is 5.97 Å². The quantitative estimate of drug-likeness (QED) is 0.810. The van der Waals surface area contributed by atoms with Crippen LogP contribution < -0.4 is 5.32 Å². The van der Waals surface area contributed by atoms with E-state index in [-0.39, 0.29) is 11.8 Å². The van der Waals surface area contributed by atoms with Crippen LogP contribution in [0.3, 0.4) is 0 Å². The molecular weight excluding hydrogens is 258 g/mol. The van der Waals surface area contributed by atoms with E-state index in [1.54, 1.807) is 11.8 Å². The first-order chi connectivity index (χ1) is 8.14. The normalized spacial score (nSPS) is 30.1. The first kappa shape index (κ1) is 13.1. The standard InChI is InChI=1S/C11H17NO3S2/c13-9(8-1-4-16-5-2-8)12-11(10(14)15)3-6-17-7-11/h8H,1-7H2,(H,12,13)(H,14,15). The van der Waals surface area contributed by atoms with E-state index in [1.165, 1.54) is 0 Å². The molecule has 0 saturated carbocycles. The number of amides is 1. The lowest BCUT2D eigenvalue weighted by molar-refractivity contribution is -0.147. The van der Waals surface area contributed by atoms with Crippen LogP contribution in [0.5, 0.6) is 0 Å². The summed E-state index contributed by atoms with van der Waals surface area (Å²) in [6.45, 7) is 0. The molecule has 0 radical (unpaired) electrons. The zero-order valence-electron chi connectivity index (χ0n) is 9.61. The fourth-order valence-corrected chi connectivity index (χ4v) is 4.62. The number of carbonyl (C=O) groups is 2. The number of aliphatic carboxylic acids is 1. The Morgan fingerprint density at radius 3 is 2.41 bits per heavy atom. The molecule has 0 bridgehead atoms. The van der Waals surface area contributed by atoms with Gasteiger partial charge in [-0.25, -0.2) is 4.79 Å². The van der Waals surface area contributed by atoms with E-state index < -0.39 is 11.5 Å². The largest absolute Gasteiger partial charge is 0.479 e. The van der Waals surface area contributed by atoms with E-state index in [1.807, 2.05) is 11.8 Å². The molecule has 6 heteroatoms. The number of hydrogen-bond donors (Lipinski definition) is 2. The molecule has 1 unspecified atom stereocenters. The second-order valence-electron chi connectivity index (χ2n) is 4.57. The third-order valence-electron chi connectivity index (χ3n) is 3.39. The summed E-state index contributed by atoms with van der Waals surface area (Å²) in [7, 11) is 0. The minimum absolute atomic E-state index is 0.0121. The van der Waals surface area contributed by atoms with Gasteiger partial charge in [-0.15, -0.1) is 0 Å². The Kier molecular flexibility index (Phi) is 4.25. The Labute approximate surface area is 109 Å². The molecule has 1 atom stereocenters. The van der Waals surface area contributed by atoms with E-state index >= 15 is 0 Å². The zero-order valence-corrected chi connectivity index (χ0v) is 11.2. The number of thioether (sulfide) groups is 2. The Hall–Kier alpha value is -0.360. The van der Waals surface area contributed by atoms with Gasteiger partial charge in [0.2, 0.25) is 5.91 Å². The van der Waals surface area contributed by atoms with Crippen LogP contribution in [0, 0.1) is 5.92 Å². The van der Waals surface area contributed by atoms with Crippen LogP contribution in [0.25, 0.3) is 0 Å². The number of carboxylic acids is 1. The second kappa shape index (κ2) is 5.52. The third-order valence-corrected chi connectivity index (χ3v) is 5.62. The van der Waals surface area contributed by atoms with E-state index in [0.717, 1.165) is 30.1 Å². The van der Waals surface area contributed by atoms with Crippen LogP contribution in [-0.4, -0.2) is 45.5 Å². The van der Waals surface area contributed by atoms with Crippen molar-refractivity contribution in [1.82, 2.24) is 5.32 Å².